The maximum atomic E-state index is 13.2. The van der Waals surface area contributed by atoms with Crippen LogP contribution in [0.2, 0.25) is 0 Å². The van der Waals surface area contributed by atoms with Crippen LogP contribution in [-0.4, -0.2) is 29.8 Å². The Morgan fingerprint density at radius 3 is 2.11 bits per heavy atom. The molecule has 0 unspecified atom stereocenters. The molecule has 1 aliphatic carbocycles. The first-order valence-electron chi connectivity index (χ1n) is 9.09. The van der Waals surface area contributed by atoms with Crippen LogP contribution in [0.5, 0.6) is 0 Å². The number of hydrogen-bond donors (Lipinski definition) is 1. The third kappa shape index (κ3) is 4.70. The molecule has 1 N–H and O–H groups in total. The molecule has 0 saturated heterocycles. The van der Waals surface area contributed by atoms with Gasteiger partial charge in [-0.25, -0.2) is 8.78 Å². The smallest absolute Gasteiger partial charge is 0.255 e. The predicted octanol–water partition coefficient (Wildman–Crippen LogP) is 4.62. The summed E-state index contributed by atoms with van der Waals surface area (Å²) >= 11 is 0. The van der Waals surface area contributed by atoms with Gasteiger partial charge in [-0.3, -0.25) is 9.59 Å². The maximum Gasteiger partial charge on any atom is 0.255 e. The number of nitrogens with zero attached hydrogens (tertiary/aromatic N) is 1. The van der Waals surface area contributed by atoms with Crippen molar-refractivity contribution in [2.24, 2.45) is 0 Å². The van der Waals surface area contributed by atoms with E-state index in [0.29, 0.717) is 17.3 Å². The number of rotatable bonds is 4. The van der Waals surface area contributed by atoms with E-state index >= 15 is 0 Å². The largest absolute Gasteiger partial charge is 0.339 e. The first-order valence-corrected chi connectivity index (χ1v) is 9.09. The van der Waals surface area contributed by atoms with Gasteiger partial charge in [0, 0.05) is 36.0 Å². The second kappa shape index (κ2) is 8.29. The van der Waals surface area contributed by atoms with Gasteiger partial charge in [0.05, 0.1) is 0 Å². The second-order valence-electron chi connectivity index (χ2n) is 6.90. The summed E-state index contributed by atoms with van der Waals surface area (Å²) in [6.07, 6.45) is 5.57. The summed E-state index contributed by atoms with van der Waals surface area (Å²) in [4.78, 5) is 26.6. The highest BCUT2D eigenvalue weighted by Crippen LogP contribution is 2.23. The van der Waals surface area contributed by atoms with Gasteiger partial charge in [0.1, 0.15) is 11.6 Å². The van der Waals surface area contributed by atoms with Crippen LogP contribution in [0.3, 0.4) is 0 Å². The lowest BCUT2D eigenvalue weighted by Gasteiger charge is -2.31. The number of benzene rings is 2. The molecule has 1 aliphatic rings. The molecule has 0 aromatic heterocycles. The van der Waals surface area contributed by atoms with E-state index in [1.807, 2.05) is 7.05 Å². The molecule has 2 aromatic carbocycles. The van der Waals surface area contributed by atoms with Crippen molar-refractivity contribution < 1.29 is 18.4 Å². The van der Waals surface area contributed by atoms with Gasteiger partial charge in [-0.05, 0) is 49.2 Å². The van der Waals surface area contributed by atoms with Gasteiger partial charge in [-0.15, -0.1) is 0 Å². The summed E-state index contributed by atoms with van der Waals surface area (Å²) in [5.41, 5.74) is 0.879. The van der Waals surface area contributed by atoms with E-state index < -0.39 is 17.5 Å². The van der Waals surface area contributed by atoms with E-state index in [9.17, 15) is 18.4 Å². The summed E-state index contributed by atoms with van der Waals surface area (Å²) in [7, 11) is 1.83. The van der Waals surface area contributed by atoms with Crippen LogP contribution < -0.4 is 5.32 Å². The quantitative estimate of drug-likeness (QED) is 0.851. The average molecular weight is 372 g/mol. The number of hydrogen-bond acceptors (Lipinski definition) is 2. The van der Waals surface area contributed by atoms with E-state index in [1.165, 1.54) is 6.42 Å². The molecule has 0 spiro atoms. The molecule has 6 heteroatoms. The van der Waals surface area contributed by atoms with Crippen molar-refractivity contribution in [2.45, 2.75) is 38.1 Å². The molecule has 1 saturated carbocycles. The van der Waals surface area contributed by atoms with Crippen molar-refractivity contribution in [1.29, 1.82) is 0 Å². The molecule has 2 amide bonds. The summed E-state index contributed by atoms with van der Waals surface area (Å²) in [5.74, 6) is -2.29. The van der Waals surface area contributed by atoms with Gasteiger partial charge < -0.3 is 10.2 Å². The number of anilines is 1. The van der Waals surface area contributed by atoms with Crippen LogP contribution in [-0.2, 0) is 0 Å². The minimum atomic E-state index is -0.813. The molecule has 0 radical (unpaired) electrons. The van der Waals surface area contributed by atoms with Crippen molar-refractivity contribution in [3.8, 4) is 0 Å². The van der Waals surface area contributed by atoms with E-state index in [-0.39, 0.29) is 17.5 Å². The minimum absolute atomic E-state index is 0.0491. The molecule has 1 fully saturated rings. The molecule has 2 aromatic rings. The Kier molecular flexibility index (Phi) is 5.84. The molecule has 0 aliphatic heterocycles. The Labute approximate surface area is 157 Å². The summed E-state index contributed by atoms with van der Waals surface area (Å²) < 4.78 is 26.5. The van der Waals surface area contributed by atoms with Crippen LogP contribution in [0.25, 0.3) is 0 Å². The normalized spacial score (nSPS) is 14.6. The first-order chi connectivity index (χ1) is 12.9. The summed E-state index contributed by atoms with van der Waals surface area (Å²) in [6, 6.07) is 9.41. The Bertz CT molecular complexity index is 810. The number of halogens is 2. The van der Waals surface area contributed by atoms with E-state index in [2.05, 4.69) is 5.32 Å². The Balaban J connectivity index is 1.65. The maximum absolute atomic E-state index is 13.2. The molecule has 0 bridgehead atoms. The van der Waals surface area contributed by atoms with Crippen LogP contribution in [0.1, 0.15) is 52.8 Å². The molecule has 4 nitrogen and oxygen atoms in total. The van der Waals surface area contributed by atoms with Crippen molar-refractivity contribution in [3.05, 3.63) is 65.2 Å². The predicted molar refractivity (Wildman–Crippen MR) is 99.7 cm³/mol. The van der Waals surface area contributed by atoms with Crippen molar-refractivity contribution >= 4 is 17.5 Å². The van der Waals surface area contributed by atoms with Crippen molar-refractivity contribution in [1.82, 2.24) is 4.90 Å². The number of carbonyl (C=O) groups excluding carboxylic acids is 2. The minimum Gasteiger partial charge on any atom is -0.339 e. The number of carbonyl (C=O) groups is 2. The topological polar surface area (TPSA) is 49.4 Å². The SMILES string of the molecule is CN(C(=O)c1ccc(NC(=O)c2cc(F)cc(F)c2)cc1)C1CCCCC1. The monoisotopic (exact) mass is 372 g/mol. The number of nitrogens with one attached hydrogen (secondary N) is 1. The molecule has 27 heavy (non-hydrogen) atoms. The average Bonchev–Trinajstić information content (AvgIpc) is 2.67. The highest BCUT2D eigenvalue weighted by Gasteiger charge is 2.23. The molecule has 142 valence electrons. The van der Waals surface area contributed by atoms with Gasteiger partial charge >= 0.3 is 0 Å². The molecular weight excluding hydrogens is 350 g/mol. The fourth-order valence-corrected chi connectivity index (χ4v) is 3.42. The van der Waals surface area contributed by atoms with Crippen LogP contribution >= 0.6 is 0 Å². The van der Waals surface area contributed by atoms with Crippen LogP contribution in [0.4, 0.5) is 14.5 Å². The standard InChI is InChI=1S/C21H22F2N2O2/c1-25(19-5-3-2-4-6-19)21(27)14-7-9-18(10-8-14)24-20(26)15-11-16(22)13-17(23)12-15/h7-13,19H,2-6H2,1H3,(H,24,26). The van der Waals surface area contributed by atoms with Gasteiger partial charge in [-0.1, -0.05) is 19.3 Å². The lowest BCUT2D eigenvalue weighted by atomic mass is 9.94. The van der Waals surface area contributed by atoms with E-state index in [1.54, 1.807) is 29.2 Å². The van der Waals surface area contributed by atoms with Gasteiger partial charge in [0.2, 0.25) is 0 Å². The second-order valence-corrected chi connectivity index (χ2v) is 6.90. The zero-order chi connectivity index (χ0) is 19.4. The fourth-order valence-electron chi connectivity index (χ4n) is 3.42. The molecular formula is C21H22F2N2O2. The third-order valence-electron chi connectivity index (χ3n) is 4.96. The molecule has 3 rings (SSSR count). The zero-order valence-corrected chi connectivity index (χ0v) is 15.2. The zero-order valence-electron chi connectivity index (χ0n) is 15.2. The van der Waals surface area contributed by atoms with Gasteiger partial charge in [0.25, 0.3) is 11.8 Å². The van der Waals surface area contributed by atoms with E-state index in [4.69, 9.17) is 0 Å². The van der Waals surface area contributed by atoms with Crippen LogP contribution in [0, 0.1) is 11.6 Å². The first kappa shape index (κ1) is 19.0. The van der Waals surface area contributed by atoms with E-state index in [0.717, 1.165) is 37.8 Å². The fraction of sp³-hybridized carbons (Fsp3) is 0.333. The van der Waals surface area contributed by atoms with Gasteiger partial charge in [0.15, 0.2) is 0 Å². The highest BCUT2D eigenvalue weighted by atomic mass is 19.1. The van der Waals surface area contributed by atoms with Crippen LogP contribution in [0.15, 0.2) is 42.5 Å². The molecule has 0 atom stereocenters. The van der Waals surface area contributed by atoms with Crippen molar-refractivity contribution in [3.63, 3.8) is 0 Å². The van der Waals surface area contributed by atoms with Crippen molar-refractivity contribution in [2.75, 3.05) is 12.4 Å². The Morgan fingerprint density at radius 2 is 1.52 bits per heavy atom. The Hall–Kier alpha value is -2.76. The lowest BCUT2D eigenvalue weighted by Crippen LogP contribution is -2.38. The molecule has 0 heterocycles. The summed E-state index contributed by atoms with van der Waals surface area (Å²) in [6.45, 7) is 0. The van der Waals surface area contributed by atoms with Gasteiger partial charge in [-0.2, -0.15) is 0 Å². The summed E-state index contributed by atoms with van der Waals surface area (Å²) in [5, 5.41) is 2.57. The third-order valence-corrected chi connectivity index (χ3v) is 4.96. The lowest BCUT2D eigenvalue weighted by molar-refractivity contribution is 0.0696. The Morgan fingerprint density at radius 1 is 0.926 bits per heavy atom. The highest BCUT2D eigenvalue weighted by molar-refractivity contribution is 6.04. The number of amides is 2.